The molecule has 0 aliphatic heterocycles. The van der Waals surface area contributed by atoms with Gasteiger partial charge in [-0.1, -0.05) is 13.8 Å². The lowest BCUT2D eigenvalue weighted by Gasteiger charge is -2.23. The first-order valence-electron chi connectivity index (χ1n) is 8.24. The Morgan fingerprint density at radius 3 is 2.61 bits per heavy atom. The molecule has 0 unspecified atom stereocenters. The highest BCUT2D eigenvalue weighted by Gasteiger charge is 2.34. The van der Waals surface area contributed by atoms with Crippen LogP contribution < -0.4 is 5.56 Å². The van der Waals surface area contributed by atoms with Crippen molar-refractivity contribution in [3.8, 4) is 0 Å². The first-order chi connectivity index (χ1) is 10.8. The van der Waals surface area contributed by atoms with Crippen molar-refractivity contribution in [3.05, 3.63) is 56.0 Å². The Hall–Kier alpha value is -2.10. The molecule has 0 fully saturated rings. The van der Waals surface area contributed by atoms with Crippen LogP contribution in [0, 0.1) is 13.8 Å². The third-order valence-electron chi connectivity index (χ3n) is 5.24. The Bertz CT molecular complexity index is 853. The zero-order valence-corrected chi connectivity index (χ0v) is 14.5. The first kappa shape index (κ1) is 15.8. The monoisotopic (exact) mass is 312 g/mol. The van der Waals surface area contributed by atoms with E-state index >= 15 is 0 Å². The van der Waals surface area contributed by atoms with Crippen molar-refractivity contribution in [1.82, 2.24) is 9.78 Å². The summed E-state index contributed by atoms with van der Waals surface area (Å²) < 4.78 is 1.45. The predicted octanol–water partition coefficient (Wildman–Crippen LogP) is 3.27. The number of ketones is 1. The summed E-state index contributed by atoms with van der Waals surface area (Å²) in [5.74, 6) is -0.176. The zero-order valence-electron chi connectivity index (χ0n) is 14.5. The number of carbonyl (C=O) groups is 1. The van der Waals surface area contributed by atoms with Crippen LogP contribution in [0.3, 0.4) is 0 Å². The van der Waals surface area contributed by atoms with E-state index in [2.05, 4.69) is 25.9 Å². The van der Waals surface area contributed by atoms with Gasteiger partial charge in [0, 0.05) is 18.3 Å². The van der Waals surface area contributed by atoms with Crippen LogP contribution in [-0.2, 0) is 18.4 Å². The summed E-state index contributed by atoms with van der Waals surface area (Å²) in [6, 6.07) is 1.96. The number of hydrogen-bond acceptors (Lipinski definition) is 2. The number of benzene rings is 1. The predicted molar refractivity (Wildman–Crippen MR) is 91.4 cm³/mol. The molecule has 2 aromatic rings. The van der Waals surface area contributed by atoms with E-state index in [1.165, 1.54) is 22.0 Å². The SMILES string of the molecule is CCn1[nH]cc(C(=O)c2cc(C)c3c(c2C)C(C)(C)CC3)c1=O. The number of fused-ring (bicyclic) bond motifs is 1. The van der Waals surface area contributed by atoms with Crippen LogP contribution in [0.2, 0.25) is 0 Å². The van der Waals surface area contributed by atoms with Crippen LogP contribution in [0.15, 0.2) is 17.1 Å². The lowest BCUT2D eigenvalue weighted by molar-refractivity contribution is 0.103. The molecule has 1 N–H and O–H groups in total. The number of nitrogens with zero attached hydrogens (tertiary/aromatic N) is 1. The fourth-order valence-corrected chi connectivity index (χ4v) is 3.96. The molecule has 0 spiro atoms. The molecule has 4 nitrogen and oxygen atoms in total. The maximum absolute atomic E-state index is 12.9. The molecular weight excluding hydrogens is 288 g/mol. The molecule has 0 saturated carbocycles. The third kappa shape index (κ3) is 2.28. The maximum atomic E-state index is 12.9. The van der Waals surface area contributed by atoms with Crippen LogP contribution in [-0.4, -0.2) is 15.6 Å². The Morgan fingerprint density at radius 2 is 2.00 bits per heavy atom. The molecule has 1 heterocycles. The van der Waals surface area contributed by atoms with E-state index in [1.54, 1.807) is 0 Å². The molecule has 3 rings (SSSR count). The van der Waals surface area contributed by atoms with Crippen LogP contribution in [0.4, 0.5) is 0 Å². The topological polar surface area (TPSA) is 54.9 Å². The summed E-state index contributed by atoms with van der Waals surface area (Å²) in [7, 11) is 0. The number of nitrogens with one attached hydrogen (secondary N) is 1. The molecule has 4 heteroatoms. The minimum absolute atomic E-state index is 0.0856. The van der Waals surface area contributed by atoms with E-state index in [4.69, 9.17) is 0 Å². The Balaban J connectivity index is 2.18. The molecule has 0 radical (unpaired) electrons. The van der Waals surface area contributed by atoms with Crippen LogP contribution >= 0.6 is 0 Å². The minimum Gasteiger partial charge on any atom is -0.302 e. The van der Waals surface area contributed by atoms with E-state index in [9.17, 15) is 9.59 Å². The van der Waals surface area contributed by atoms with Gasteiger partial charge in [0.2, 0.25) is 0 Å². The summed E-state index contributed by atoms with van der Waals surface area (Å²) in [5, 5.41) is 2.86. The number of hydrogen-bond donors (Lipinski definition) is 1. The molecule has 0 atom stereocenters. The van der Waals surface area contributed by atoms with Gasteiger partial charge in [-0.2, -0.15) is 0 Å². The first-order valence-corrected chi connectivity index (χ1v) is 8.24. The lowest BCUT2D eigenvalue weighted by Crippen LogP contribution is -2.22. The average molecular weight is 312 g/mol. The molecule has 1 aromatic carbocycles. The second-order valence-corrected chi connectivity index (χ2v) is 7.17. The van der Waals surface area contributed by atoms with Gasteiger partial charge in [-0.05, 0) is 67.3 Å². The largest absolute Gasteiger partial charge is 0.302 e. The highest BCUT2D eigenvalue weighted by Crippen LogP contribution is 2.43. The Kier molecular flexibility index (Phi) is 3.58. The molecule has 23 heavy (non-hydrogen) atoms. The summed E-state index contributed by atoms with van der Waals surface area (Å²) in [5.41, 5.74) is 5.60. The van der Waals surface area contributed by atoms with E-state index in [1.807, 2.05) is 19.9 Å². The fraction of sp³-hybridized carbons (Fsp3) is 0.474. The maximum Gasteiger partial charge on any atom is 0.277 e. The molecular formula is C19H24N2O2. The molecule has 0 saturated heterocycles. The molecule has 1 aliphatic rings. The average Bonchev–Trinajstić information content (AvgIpc) is 3.02. The van der Waals surface area contributed by atoms with E-state index < -0.39 is 0 Å². The van der Waals surface area contributed by atoms with Gasteiger partial charge in [-0.25, -0.2) is 0 Å². The normalized spacial score (nSPS) is 15.7. The second kappa shape index (κ2) is 5.22. The van der Waals surface area contributed by atoms with Crippen LogP contribution in [0.5, 0.6) is 0 Å². The van der Waals surface area contributed by atoms with Crippen molar-refractivity contribution >= 4 is 5.78 Å². The standard InChI is InChI=1S/C19H24N2O2/c1-6-21-18(23)15(10-20-21)17(22)14-9-11(2)13-7-8-19(4,5)16(13)12(14)3/h9-10,20H,6-8H2,1-5H3. The van der Waals surface area contributed by atoms with E-state index in [-0.39, 0.29) is 22.3 Å². The molecule has 0 amide bonds. The fourth-order valence-electron chi connectivity index (χ4n) is 3.96. The number of H-pyrrole nitrogens is 1. The van der Waals surface area contributed by atoms with Crippen molar-refractivity contribution in [3.63, 3.8) is 0 Å². The van der Waals surface area contributed by atoms with Crippen molar-refractivity contribution in [1.29, 1.82) is 0 Å². The third-order valence-corrected chi connectivity index (χ3v) is 5.24. The lowest BCUT2D eigenvalue weighted by atomic mass is 9.80. The Labute approximate surface area is 136 Å². The molecule has 0 bridgehead atoms. The summed E-state index contributed by atoms with van der Waals surface area (Å²) >= 11 is 0. The number of aromatic nitrogens is 2. The number of aromatic amines is 1. The van der Waals surface area contributed by atoms with Crippen molar-refractivity contribution in [2.45, 2.75) is 59.4 Å². The number of carbonyl (C=O) groups excluding carboxylic acids is 1. The van der Waals surface area contributed by atoms with Gasteiger partial charge in [-0.3, -0.25) is 14.3 Å². The second-order valence-electron chi connectivity index (χ2n) is 7.17. The van der Waals surface area contributed by atoms with Crippen molar-refractivity contribution < 1.29 is 4.79 Å². The minimum atomic E-state index is -0.241. The highest BCUT2D eigenvalue weighted by molar-refractivity contribution is 6.10. The zero-order chi connectivity index (χ0) is 16.9. The van der Waals surface area contributed by atoms with Gasteiger partial charge in [0.15, 0.2) is 5.78 Å². The molecule has 1 aliphatic carbocycles. The number of rotatable bonds is 3. The van der Waals surface area contributed by atoms with Crippen LogP contribution in [0.1, 0.15) is 65.4 Å². The van der Waals surface area contributed by atoms with Gasteiger partial charge in [-0.15, -0.1) is 0 Å². The quantitative estimate of drug-likeness (QED) is 0.884. The molecule has 122 valence electrons. The molecule has 1 aromatic heterocycles. The smallest absolute Gasteiger partial charge is 0.277 e. The van der Waals surface area contributed by atoms with Gasteiger partial charge >= 0.3 is 0 Å². The van der Waals surface area contributed by atoms with Crippen molar-refractivity contribution in [2.75, 3.05) is 0 Å². The summed E-state index contributed by atoms with van der Waals surface area (Å²) in [6.45, 7) is 11.0. The van der Waals surface area contributed by atoms with Gasteiger partial charge in [0.05, 0.1) is 0 Å². The van der Waals surface area contributed by atoms with E-state index in [0.29, 0.717) is 12.1 Å². The van der Waals surface area contributed by atoms with E-state index in [0.717, 1.165) is 24.0 Å². The highest BCUT2D eigenvalue weighted by atomic mass is 16.2. The Morgan fingerprint density at radius 1 is 1.30 bits per heavy atom. The van der Waals surface area contributed by atoms with Crippen molar-refractivity contribution in [2.24, 2.45) is 0 Å². The van der Waals surface area contributed by atoms with Gasteiger partial charge in [0.25, 0.3) is 5.56 Å². The van der Waals surface area contributed by atoms with Gasteiger partial charge in [0.1, 0.15) is 5.56 Å². The summed E-state index contributed by atoms with van der Waals surface area (Å²) in [4.78, 5) is 25.2. The number of aryl methyl sites for hydroxylation is 2. The summed E-state index contributed by atoms with van der Waals surface area (Å²) in [6.07, 6.45) is 3.70. The van der Waals surface area contributed by atoms with Crippen LogP contribution in [0.25, 0.3) is 0 Å². The van der Waals surface area contributed by atoms with Gasteiger partial charge < -0.3 is 5.10 Å².